The second kappa shape index (κ2) is 8.73. The zero-order chi connectivity index (χ0) is 15.0. The molecule has 1 aromatic carbocycles. The molecule has 0 aliphatic carbocycles. The number of amidine groups is 1. The molecule has 0 aromatic heterocycles. The van der Waals surface area contributed by atoms with Gasteiger partial charge in [0.2, 0.25) is 0 Å². The van der Waals surface area contributed by atoms with Crippen molar-refractivity contribution >= 4 is 17.4 Å². The quantitative estimate of drug-likeness (QED) is 0.334. The number of nitrogens with two attached hydrogens (primary N) is 1. The third kappa shape index (κ3) is 5.73. The molecule has 112 valence electrons. The van der Waals surface area contributed by atoms with Crippen molar-refractivity contribution in [3.05, 3.63) is 34.6 Å². The van der Waals surface area contributed by atoms with Gasteiger partial charge in [0.1, 0.15) is 11.7 Å². The van der Waals surface area contributed by atoms with Crippen molar-refractivity contribution in [2.45, 2.75) is 13.0 Å². The molecule has 0 atom stereocenters. The molecule has 5 nitrogen and oxygen atoms in total. The van der Waals surface area contributed by atoms with Crippen LogP contribution in [0.4, 0.5) is 4.39 Å². The van der Waals surface area contributed by atoms with Crippen LogP contribution in [0.3, 0.4) is 0 Å². The van der Waals surface area contributed by atoms with Gasteiger partial charge >= 0.3 is 0 Å². The molecule has 20 heavy (non-hydrogen) atoms. The highest BCUT2D eigenvalue weighted by Crippen LogP contribution is 2.16. The van der Waals surface area contributed by atoms with Crippen LogP contribution in [-0.2, 0) is 11.3 Å². The molecule has 0 aliphatic heterocycles. The van der Waals surface area contributed by atoms with Crippen LogP contribution in [0, 0.1) is 5.82 Å². The van der Waals surface area contributed by atoms with E-state index in [1.165, 1.54) is 6.07 Å². The highest BCUT2D eigenvalue weighted by Gasteiger charge is 2.10. The second-order valence-corrected chi connectivity index (χ2v) is 4.78. The fourth-order valence-electron chi connectivity index (χ4n) is 1.70. The van der Waals surface area contributed by atoms with E-state index in [-0.39, 0.29) is 11.7 Å². The maximum absolute atomic E-state index is 13.8. The Hall–Kier alpha value is -1.37. The molecule has 1 rings (SSSR count). The molecule has 0 saturated carbocycles. The summed E-state index contributed by atoms with van der Waals surface area (Å²) in [5, 5.41) is 11.8. The maximum Gasteiger partial charge on any atom is 0.140 e. The lowest BCUT2D eigenvalue weighted by Gasteiger charge is -2.22. The van der Waals surface area contributed by atoms with Crippen molar-refractivity contribution < 1.29 is 14.3 Å². The topological polar surface area (TPSA) is 71.1 Å². The number of hydrogen-bond acceptors (Lipinski definition) is 4. The predicted molar refractivity (Wildman–Crippen MR) is 76.6 cm³/mol. The molecular weight excluding hydrogens is 285 g/mol. The van der Waals surface area contributed by atoms with E-state index in [4.69, 9.17) is 27.3 Å². The Bertz CT molecular complexity index is 457. The van der Waals surface area contributed by atoms with Gasteiger partial charge in [0.25, 0.3) is 0 Å². The first-order valence-corrected chi connectivity index (χ1v) is 6.56. The number of benzene rings is 1. The van der Waals surface area contributed by atoms with E-state index in [2.05, 4.69) is 5.16 Å². The molecule has 0 bridgehead atoms. The predicted octanol–water partition coefficient (Wildman–Crippen LogP) is 2.06. The summed E-state index contributed by atoms with van der Waals surface area (Å²) in [6.45, 7) is 2.09. The number of ether oxygens (including phenoxy) is 1. The maximum atomic E-state index is 13.8. The summed E-state index contributed by atoms with van der Waals surface area (Å²) >= 11 is 5.72. The van der Waals surface area contributed by atoms with Gasteiger partial charge in [-0.25, -0.2) is 4.39 Å². The third-order valence-electron chi connectivity index (χ3n) is 2.83. The Balaban J connectivity index is 2.67. The first-order valence-electron chi connectivity index (χ1n) is 6.18. The average molecular weight is 304 g/mol. The minimum Gasteiger partial charge on any atom is -0.409 e. The number of halogens is 2. The number of oxime groups is 1. The molecule has 0 unspecified atom stereocenters. The summed E-state index contributed by atoms with van der Waals surface area (Å²) in [5.41, 5.74) is 5.99. The molecule has 0 fully saturated rings. The van der Waals surface area contributed by atoms with Crippen molar-refractivity contribution in [1.29, 1.82) is 0 Å². The first kappa shape index (κ1) is 16.7. The van der Waals surface area contributed by atoms with Gasteiger partial charge in [-0.1, -0.05) is 22.8 Å². The van der Waals surface area contributed by atoms with Crippen LogP contribution in [0.2, 0.25) is 5.02 Å². The lowest BCUT2D eigenvalue weighted by molar-refractivity contribution is 0.145. The van der Waals surface area contributed by atoms with E-state index < -0.39 is 0 Å². The van der Waals surface area contributed by atoms with Crippen LogP contribution in [0.1, 0.15) is 12.0 Å². The van der Waals surface area contributed by atoms with Gasteiger partial charge in [0.05, 0.1) is 6.61 Å². The van der Waals surface area contributed by atoms with Gasteiger partial charge in [-0.05, 0) is 12.1 Å². The molecule has 0 radical (unpaired) electrons. The molecular formula is C13H19ClFN3O2. The van der Waals surface area contributed by atoms with Crippen LogP contribution in [0.25, 0.3) is 0 Å². The highest BCUT2D eigenvalue weighted by molar-refractivity contribution is 6.30. The zero-order valence-corrected chi connectivity index (χ0v) is 12.1. The minimum atomic E-state index is -0.344. The van der Waals surface area contributed by atoms with Crippen molar-refractivity contribution in [3.63, 3.8) is 0 Å². The minimum absolute atomic E-state index is 0.143. The van der Waals surface area contributed by atoms with E-state index in [0.717, 1.165) is 0 Å². The van der Waals surface area contributed by atoms with Gasteiger partial charge in [-0.15, -0.1) is 0 Å². The van der Waals surface area contributed by atoms with Crippen LogP contribution < -0.4 is 5.73 Å². The molecule has 0 amide bonds. The Morgan fingerprint density at radius 1 is 1.50 bits per heavy atom. The zero-order valence-electron chi connectivity index (χ0n) is 11.4. The Labute approximate surface area is 122 Å². The summed E-state index contributed by atoms with van der Waals surface area (Å²) in [7, 11) is 1.60. The molecule has 0 heterocycles. The van der Waals surface area contributed by atoms with E-state index in [1.54, 1.807) is 19.2 Å². The molecule has 0 spiro atoms. The summed E-state index contributed by atoms with van der Waals surface area (Å²) in [6.07, 6.45) is 0.398. The summed E-state index contributed by atoms with van der Waals surface area (Å²) in [6, 6.07) is 4.59. The Morgan fingerprint density at radius 3 is 2.85 bits per heavy atom. The fourth-order valence-corrected chi connectivity index (χ4v) is 1.86. The molecule has 0 saturated heterocycles. The molecule has 0 aliphatic rings. The number of nitrogens with zero attached hydrogens (tertiary/aromatic N) is 2. The van der Waals surface area contributed by atoms with Gasteiger partial charge < -0.3 is 15.7 Å². The van der Waals surface area contributed by atoms with Crippen molar-refractivity contribution in [2.24, 2.45) is 10.9 Å². The first-order chi connectivity index (χ1) is 9.56. The van der Waals surface area contributed by atoms with E-state index in [0.29, 0.717) is 43.2 Å². The number of methoxy groups -OCH3 is 1. The molecule has 7 heteroatoms. The normalized spacial score (nSPS) is 12.1. The van der Waals surface area contributed by atoms with E-state index in [1.807, 2.05) is 4.90 Å². The van der Waals surface area contributed by atoms with Crippen LogP contribution >= 0.6 is 11.6 Å². The Morgan fingerprint density at radius 2 is 2.25 bits per heavy atom. The average Bonchev–Trinajstić information content (AvgIpc) is 2.43. The van der Waals surface area contributed by atoms with Crippen molar-refractivity contribution in [3.8, 4) is 0 Å². The van der Waals surface area contributed by atoms with Crippen molar-refractivity contribution in [2.75, 3.05) is 26.8 Å². The van der Waals surface area contributed by atoms with E-state index >= 15 is 0 Å². The third-order valence-corrected chi connectivity index (χ3v) is 3.07. The number of hydrogen-bond donors (Lipinski definition) is 2. The van der Waals surface area contributed by atoms with E-state index in [9.17, 15) is 4.39 Å². The fraction of sp³-hybridized carbons (Fsp3) is 0.462. The van der Waals surface area contributed by atoms with Gasteiger partial charge in [0.15, 0.2) is 0 Å². The number of rotatable bonds is 8. The van der Waals surface area contributed by atoms with Gasteiger partial charge in [-0.2, -0.15) is 0 Å². The SMILES string of the molecule is COCCN(CC/C(N)=N/O)Cc1ccc(Cl)cc1F. The Kier molecular flexibility index (Phi) is 7.28. The molecule has 1 aromatic rings. The second-order valence-electron chi connectivity index (χ2n) is 4.35. The lowest BCUT2D eigenvalue weighted by Crippen LogP contribution is -2.31. The lowest BCUT2D eigenvalue weighted by atomic mass is 10.2. The van der Waals surface area contributed by atoms with Gasteiger partial charge in [0, 0.05) is 43.8 Å². The van der Waals surface area contributed by atoms with Crippen LogP contribution in [0.5, 0.6) is 0 Å². The largest absolute Gasteiger partial charge is 0.409 e. The van der Waals surface area contributed by atoms with Gasteiger partial charge in [-0.3, -0.25) is 4.90 Å². The monoisotopic (exact) mass is 303 g/mol. The smallest absolute Gasteiger partial charge is 0.140 e. The highest BCUT2D eigenvalue weighted by atomic mass is 35.5. The van der Waals surface area contributed by atoms with Crippen LogP contribution in [-0.4, -0.2) is 42.7 Å². The molecule has 3 N–H and O–H groups in total. The summed E-state index contributed by atoms with van der Waals surface area (Å²) in [4.78, 5) is 1.97. The van der Waals surface area contributed by atoms with Crippen LogP contribution in [0.15, 0.2) is 23.4 Å². The summed E-state index contributed by atoms with van der Waals surface area (Å²) in [5.74, 6) is -0.201. The van der Waals surface area contributed by atoms with Crippen molar-refractivity contribution in [1.82, 2.24) is 4.90 Å². The standard InChI is InChI=1S/C13H19ClFN3O2/c1-20-7-6-18(5-4-13(16)17-19)9-10-2-3-11(14)8-12(10)15/h2-3,8,19H,4-7,9H2,1H3,(H2,16,17). The summed E-state index contributed by atoms with van der Waals surface area (Å²) < 4.78 is 18.8.